The van der Waals surface area contributed by atoms with Gasteiger partial charge in [-0.3, -0.25) is 0 Å². The van der Waals surface area contributed by atoms with Crippen LogP contribution >= 0.6 is 0 Å². The number of hydrogen-bond donors (Lipinski definition) is 1. The zero-order valence-corrected chi connectivity index (χ0v) is 11.2. The van der Waals surface area contributed by atoms with Gasteiger partial charge in [0.2, 0.25) is 5.95 Å². The highest BCUT2D eigenvalue weighted by Gasteiger charge is 2.16. The lowest BCUT2D eigenvalue weighted by Crippen LogP contribution is -2.24. The van der Waals surface area contributed by atoms with Crippen molar-refractivity contribution in [3.8, 4) is 0 Å². The van der Waals surface area contributed by atoms with Gasteiger partial charge in [-0.05, 0) is 26.2 Å². The van der Waals surface area contributed by atoms with E-state index in [1.165, 1.54) is 44.9 Å². The SMILES string of the molecule is CCCC(C)n1ccnc1NC1CCCCC1. The second-order valence-corrected chi connectivity index (χ2v) is 5.28. The predicted molar refractivity (Wildman–Crippen MR) is 72.3 cm³/mol. The van der Waals surface area contributed by atoms with Gasteiger partial charge in [0, 0.05) is 24.5 Å². The van der Waals surface area contributed by atoms with Gasteiger partial charge in [-0.2, -0.15) is 0 Å². The summed E-state index contributed by atoms with van der Waals surface area (Å²) < 4.78 is 2.29. The van der Waals surface area contributed by atoms with Crippen LogP contribution in [0.2, 0.25) is 0 Å². The third-order valence-electron chi connectivity index (χ3n) is 3.79. The smallest absolute Gasteiger partial charge is 0.203 e. The number of imidazole rings is 1. The van der Waals surface area contributed by atoms with Crippen molar-refractivity contribution in [3.63, 3.8) is 0 Å². The molecule has 17 heavy (non-hydrogen) atoms. The van der Waals surface area contributed by atoms with Crippen LogP contribution in [0.5, 0.6) is 0 Å². The Balaban J connectivity index is 1.97. The Kier molecular flexibility index (Phi) is 4.46. The van der Waals surface area contributed by atoms with Crippen molar-refractivity contribution in [1.29, 1.82) is 0 Å². The van der Waals surface area contributed by atoms with Crippen molar-refractivity contribution < 1.29 is 0 Å². The molecule has 0 aromatic carbocycles. The minimum atomic E-state index is 0.550. The molecule has 1 heterocycles. The molecule has 1 aromatic heterocycles. The van der Waals surface area contributed by atoms with Gasteiger partial charge < -0.3 is 9.88 Å². The minimum absolute atomic E-state index is 0.550. The van der Waals surface area contributed by atoms with Gasteiger partial charge in [0.15, 0.2) is 0 Å². The van der Waals surface area contributed by atoms with Crippen molar-refractivity contribution in [2.24, 2.45) is 0 Å². The maximum Gasteiger partial charge on any atom is 0.203 e. The molecule has 96 valence electrons. The summed E-state index contributed by atoms with van der Waals surface area (Å²) in [6.07, 6.45) is 13.2. The first-order valence-electron chi connectivity index (χ1n) is 7.10. The van der Waals surface area contributed by atoms with E-state index < -0.39 is 0 Å². The summed E-state index contributed by atoms with van der Waals surface area (Å²) in [6.45, 7) is 4.51. The fourth-order valence-corrected chi connectivity index (χ4v) is 2.77. The third-order valence-corrected chi connectivity index (χ3v) is 3.79. The number of hydrogen-bond acceptors (Lipinski definition) is 2. The Hall–Kier alpha value is -0.990. The molecule has 1 aliphatic rings. The van der Waals surface area contributed by atoms with Crippen LogP contribution in [-0.4, -0.2) is 15.6 Å². The zero-order chi connectivity index (χ0) is 12.1. The van der Waals surface area contributed by atoms with Crippen molar-refractivity contribution in [2.45, 2.75) is 70.9 Å². The molecule has 0 bridgehead atoms. The van der Waals surface area contributed by atoms with Crippen molar-refractivity contribution >= 4 is 5.95 Å². The van der Waals surface area contributed by atoms with Crippen LogP contribution in [0.15, 0.2) is 12.4 Å². The maximum absolute atomic E-state index is 4.47. The average Bonchev–Trinajstić information content (AvgIpc) is 2.79. The molecule has 0 radical (unpaired) electrons. The van der Waals surface area contributed by atoms with E-state index in [0.717, 1.165) is 5.95 Å². The monoisotopic (exact) mass is 235 g/mol. The molecule has 1 atom stereocenters. The maximum atomic E-state index is 4.47. The lowest BCUT2D eigenvalue weighted by atomic mass is 9.96. The summed E-state index contributed by atoms with van der Waals surface area (Å²) in [5.41, 5.74) is 0. The van der Waals surface area contributed by atoms with E-state index in [9.17, 15) is 0 Å². The fourth-order valence-electron chi connectivity index (χ4n) is 2.77. The van der Waals surface area contributed by atoms with Crippen LogP contribution in [0, 0.1) is 0 Å². The highest BCUT2D eigenvalue weighted by molar-refractivity contribution is 5.28. The summed E-state index contributed by atoms with van der Waals surface area (Å²) in [5.74, 6) is 1.07. The van der Waals surface area contributed by atoms with Crippen molar-refractivity contribution in [3.05, 3.63) is 12.4 Å². The van der Waals surface area contributed by atoms with Gasteiger partial charge in [-0.25, -0.2) is 4.98 Å². The van der Waals surface area contributed by atoms with Crippen LogP contribution in [0.4, 0.5) is 5.95 Å². The van der Waals surface area contributed by atoms with Gasteiger partial charge in [-0.15, -0.1) is 0 Å². The minimum Gasteiger partial charge on any atom is -0.353 e. The number of aromatic nitrogens is 2. The molecule has 1 aliphatic carbocycles. The highest BCUT2D eigenvalue weighted by Crippen LogP contribution is 2.23. The van der Waals surface area contributed by atoms with E-state index >= 15 is 0 Å². The molecule has 1 aromatic rings. The molecule has 3 nitrogen and oxygen atoms in total. The molecule has 1 unspecified atom stereocenters. The Labute approximate surface area is 105 Å². The third kappa shape index (κ3) is 3.24. The lowest BCUT2D eigenvalue weighted by molar-refractivity contribution is 0.451. The number of nitrogens with zero attached hydrogens (tertiary/aromatic N) is 2. The Morgan fingerprint density at radius 1 is 1.41 bits per heavy atom. The van der Waals surface area contributed by atoms with Gasteiger partial charge in [-0.1, -0.05) is 32.6 Å². The average molecular weight is 235 g/mol. The second kappa shape index (κ2) is 6.08. The first-order valence-corrected chi connectivity index (χ1v) is 7.10. The summed E-state index contributed by atoms with van der Waals surface area (Å²) >= 11 is 0. The molecule has 1 fully saturated rings. The molecule has 0 spiro atoms. The van der Waals surface area contributed by atoms with E-state index in [-0.39, 0.29) is 0 Å². The first kappa shape index (κ1) is 12.5. The Morgan fingerprint density at radius 3 is 2.88 bits per heavy atom. The number of rotatable bonds is 5. The van der Waals surface area contributed by atoms with E-state index in [1.54, 1.807) is 0 Å². The van der Waals surface area contributed by atoms with E-state index in [1.807, 2.05) is 6.20 Å². The fraction of sp³-hybridized carbons (Fsp3) is 0.786. The molecular formula is C14H25N3. The van der Waals surface area contributed by atoms with Gasteiger partial charge >= 0.3 is 0 Å². The Bertz CT molecular complexity index is 326. The summed E-state index contributed by atoms with van der Waals surface area (Å²) in [4.78, 5) is 4.47. The molecule has 0 aliphatic heterocycles. The Morgan fingerprint density at radius 2 is 2.18 bits per heavy atom. The largest absolute Gasteiger partial charge is 0.353 e. The topological polar surface area (TPSA) is 29.9 Å². The van der Waals surface area contributed by atoms with Crippen LogP contribution < -0.4 is 5.32 Å². The van der Waals surface area contributed by atoms with E-state index in [0.29, 0.717) is 12.1 Å². The summed E-state index contributed by atoms with van der Waals surface area (Å²) in [5, 5.41) is 3.62. The molecule has 1 saturated carbocycles. The normalized spacial score (nSPS) is 19.2. The van der Waals surface area contributed by atoms with Crippen LogP contribution in [0.25, 0.3) is 0 Å². The van der Waals surface area contributed by atoms with Crippen LogP contribution in [-0.2, 0) is 0 Å². The zero-order valence-electron chi connectivity index (χ0n) is 11.2. The summed E-state index contributed by atoms with van der Waals surface area (Å²) in [6, 6.07) is 1.19. The van der Waals surface area contributed by atoms with Crippen LogP contribution in [0.3, 0.4) is 0 Å². The lowest BCUT2D eigenvalue weighted by Gasteiger charge is -2.25. The van der Waals surface area contributed by atoms with Gasteiger partial charge in [0.25, 0.3) is 0 Å². The standard InChI is InChI=1S/C14H25N3/c1-3-7-12(2)17-11-10-15-14(17)16-13-8-5-4-6-9-13/h10-13H,3-9H2,1-2H3,(H,15,16). The van der Waals surface area contributed by atoms with E-state index in [4.69, 9.17) is 0 Å². The molecule has 2 rings (SSSR count). The van der Waals surface area contributed by atoms with Crippen LogP contribution in [0.1, 0.15) is 64.8 Å². The predicted octanol–water partition coefficient (Wildman–Crippen LogP) is 3.99. The molecule has 1 N–H and O–H groups in total. The van der Waals surface area contributed by atoms with Gasteiger partial charge in [0.1, 0.15) is 0 Å². The molecule has 0 amide bonds. The number of anilines is 1. The van der Waals surface area contributed by atoms with E-state index in [2.05, 4.69) is 34.9 Å². The molecular weight excluding hydrogens is 210 g/mol. The first-order chi connectivity index (χ1) is 8.31. The molecule has 3 heteroatoms. The number of nitrogens with one attached hydrogen (secondary N) is 1. The highest BCUT2D eigenvalue weighted by atomic mass is 15.2. The quantitative estimate of drug-likeness (QED) is 0.836. The second-order valence-electron chi connectivity index (χ2n) is 5.28. The van der Waals surface area contributed by atoms with Gasteiger partial charge in [0.05, 0.1) is 0 Å². The van der Waals surface area contributed by atoms with Crippen molar-refractivity contribution in [1.82, 2.24) is 9.55 Å². The van der Waals surface area contributed by atoms with Crippen molar-refractivity contribution in [2.75, 3.05) is 5.32 Å². The molecule has 0 saturated heterocycles. The summed E-state index contributed by atoms with van der Waals surface area (Å²) in [7, 11) is 0.